The second-order valence-corrected chi connectivity index (χ2v) is 7.18. The van der Waals surface area contributed by atoms with Crippen molar-refractivity contribution < 1.29 is 26.4 Å². The topological polar surface area (TPSA) is 66.5 Å². The quantitative estimate of drug-likeness (QED) is 0.908. The predicted octanol–water partition coefficient (Wildman–Crippen LogP) is 1.67. The van der Waals surface area contributed by atoms with Gasteiger partial charge in [0.2, 0.25) is 5.91 Å². The summed E-state index contributed by atoms with van der Waals surface area (Å²) in [4.78, 5) is 12.7. The van der Waals surface area contributed by atoms with Gasteiger partial charge in [-0.25, -0.2) is 8.42 Å². The third-order valence-electron chi connectivity index (χ3n) is 3.27. The molecular formula is C13H15F3N2O3S. The molecule has 0 bridgehead atoms. The Hall–Kier alpha value is -1.77. The fraction of sp³-hybridized carbons (Fsp3) is 0.462. The Morgan fingerprint density at radius 2 is 2.05 bits per heavy atom. The van der Waals surface area contributed by atoms with Gasteiger partial charge >= 0.3 is 6.18 Å². The number of amides is 1. The molecule has 1 atom stereocenters. The highest BCUT2D eigenvalue weighted by Crippen LogP contribution is 2.23. The summed E-state index contributed by atoms with van der Waals surface area (Å²) < 4.78 is 59.9. The normalized spacial score (nSPS) is 19.5. The molecule has 1 amide bonds. The minimum Gasteiger partial charge on any atom is -0.374 e. The highest BCUT2D eigenvalue weighted by atomic mass is 32.2. The minimum absolute atomic E-state index is 0.0157. The number of alkyl halides is 3. The van der Waals surface area contributed by atoms with E-state index in [-0.39, 0.29) is 17.9 Å². The summed E-state index contributed by atoms with van der Waals surface area (Å²) in [6.45, 7) is -1.25. The number of halogens is 3. The number of nitrogens with zero attached hydrogens (tertiary/aromatic N) is 1. The van der Waals surface area contributed by atoms with Crippen LogP contribution in [0.15, 0.2) is 29.2 Å². The van der Waals surface area contributed by atoms with Gasteiger partial charge < -0.3 is 10.2 Å². The van der Waals surface area contributed by atoms with Crippen molar-refractivity contribution in [3.63, 3.8) is 0 Å². The van der Waals surface area contributed by atoms with Gasteiger partial charge in [-0.3, -0.25) is 4.79 Å². The Kier molecular flexibility index (Phi) is 4.37. The first kappa shape index (κ1) is 16.6. The molecule has 0 spiro atoms. The van der Waals surface area contributed by atoms with Gasteiger partial charge in [0.1, 0.15) is 12.6 Å². The number of carbonyl (C=O) groups is 1. The van der Waals surface area contributed by atoms with Crippen LogP contribution in [-0.2, 0) is 14.6 Å². The van der Waals surface area contributed by atoms with Gasteiger partial charge in [0, 0.05) is 18.5 Å². The van der Waals surface area contributed by atoms with Crippen LogP contribution in [0.3, 0.4) is 0 Å². The lowest BCUT2D eigenvalue weighted by Crippen LogP contribution is -2.39. The maximum Gasteiger partial charge on any atom is 0.406 e. The summed E-state index contributed by atoms with van der Waals surface area (Å²) in [7, 11) is -3.39. The van der Waals surface area contributed by atoms with Crippen molar-refractivity contribution in [2.45, 2.75) is 23.5 Å². The fourth-order valence-corrected chi connectivity index (χ4v) is 2.93. The van der Waals surface area contributed by atoms with E-state index in [0.717, 1.165) is 11.2 Å². The second kappa shape index (κ2) is 5.79. The second-order valence-electron chi connectivity index (χ2n) is 5.16. The largest absolute Gasteiger partial charge is 0.406 e. The van der Waals surface area contributed by atoms with Crippen molar-refractivity contribution in [1.82, 2.24) is 4.90 Å². The molecule has 1 aromatic rings. The van der Waals surface area contributed by atoms with E-state index in [2.05, 4.69) is 5.32 Å². The van der Waals surface area contributed by atoms with Crippen LogP contribution in [0, 0.1) is 0 Å². The number of anilines is 1. The van der Waals surface area contributed by atoms with Gasteiger partial charge in [0.25, 0.3) is 0 Å². The average molecular weight is 336 g/mol. The number of likely N-dealkylation sites (tertiary alicyclic amines) is 1. The Balaban J connectivity index is 2.08. The van der Waals surface area contributed by atoms with E-state index in [1.807, 2.05) is 0 Å². The first-order valence-corrected chi connectivity index (χ1v) is 8.37. The molecule has 1 aliphatic heterocycles. The van der Waals surface area contributed by atoms with E-state index < -0.39 is 34.5 Å². The molecular weight excluding hydrogens is 321 g/mol. The number of nitrogens with one attached hydrogen (secondary N) is 1. The molecule has 122 valence electrons. The van der Waals surface area contributed by atoms with E-state index in [9.17, 15) is 26.4 Å². The van der Waals surface area contributed by atoms with E-state index in [4.69, 9.17) is 0 Å². The first-order valence-electron chi connectivity index (χ1n) is 6.48. The number of sulfone groups is 1. The third-order valence-corrected chi connectivity index (χ3v) is 4.38. The molecule has 1 heterocycles. The van der Waals surface area contributed by atoms with Gasteiger partial charge in [-0.1, -0.05) is 6.07 Å². The van der Waals surface area contributed by atoms with Crippen LogP contribution in [-0.4, -0.2) is 50.8 Å². The molecule has 1 fully saturated rings. The lowest BCUT2D eigenvalue weighted by atomic mass is 10.2. The molecule has 5 nitrogen and oxygen atoms in total. The van der Waals surface area contributed by atoms with Crippen molar-refractivity contribution in [2.24, 2.45) is 0 Å². The van der Waals surface area contributed by atoms with Crippen LogP contribution in [0.2, 0.25) is 0 Å². The number of rotatable bonds is 4. The van der Waals surface area contributed by atoms with E-state index in [1.54, 1.807) is 6.07 Å². The molecule has 1 N–H and O–H groups in total. The molecule has 1 aliphatic rings. The van der Waals surface area contributed by atoms with Crippen molar-refractivity contribution in [1.29, 1.82) is 0 Å². The number of carbonyl (C=O) groups excluding carboxylic acids is 1. The van der Waals surface area contributed by atoms with Crippen molar-refractivity contribution in [3.05, 3.63) is 24.3 Å². The summed E-state index contributed by atoms with van der Waals surface area (Å²) in [5.74, 6) is -0.637. The summed E-state index contributed by atoms with van der Waals surface area (Å²) in [5, 5.41) is 2.80. The van der Waals surface area contributed by atoms with E-state index in [1.165, 1.54) is 18.2 Å². The zero-order valence-electron chi connectivity index (χ0n) is 11.7. The average Bonchev–Trinajstić information content (AvgIpc) is 2.69. The van der Waals surface area contributed by atoms with Crippen LogP contribution in [0.4, 0.5) is 18.9 Å². The van der Waals surface area contributed by atoms with Crippen molar-refractivity contribution in [3.8, 4) is 0 Å². The molecule has 1 aromatic carbocycles. The molecule has 1 unspecified atom stereocenters. The summed E-state index contributed by atoms with van der Waals surface area (Å²) in [5.41, 5.74) is 0.384. The van der Waals surface area contributed by atoms with Crippen LogP contribution in [0.5, 0.6) is 0 Å². The maximum absolute atomic E-state index is 12.3. The number of hydrogen-bond donors (Lipinski definition) is 1. The lowest BCUT2D eigenvalue weighted by molar-refractivity contribution is -0.157. The van der Waals surface area contributed by atoms with Gasteiger partial charge in [-0.15, -0.1) is 0 Å². The van der Waals surface area contributed by atoms with Crippen LogP contribution in [0.1, 0.15) is 6.42 Å². The molecule has 9 heteroatoms. The highest BCUT2D eigenvalue weighted by molar-refractivity contribution is 7.90. The number of benzene rings is 1. The SMILES string of the molecule is CS(=O)(=O)c1cccc(NC2CCN(CC(F)(F)F)C2=O)c1. The van der Waals surface area contributed by atoms with Gasteiger partial charge in [-0.2, -0.15) is 13.2 Å². The number of hydrogen-bond acceptors (Lipinski definition) is 4. The molecule has 1 saturated heterocycles. The van der Waals surface area contributed by atoms with Gasteiger partial charge in [0.15, 0.2) is 9.84 Å². The first-order chi connectivity index (χ1) is 10.1. The van der Waals surface area contributed by atoms with E-state index >= 15 is 0 Å². The molecule has 22 heavy (non-hydrogen) atoms. The van der Waals surface area contributed by atoms with Crippen LogP contribution >= 0.6 is 0 Å². The summed E-state index contributed by atoms with van der Waals surface area (Å²) in [6.07, 6.45) is -3.14. The molecule has 0 aliphatic carbocycles. The monoisotopic (exact) mass is 336 g/mol. The Morgan fingerprint density at radius 3 is 2.64 bits per heavy atom. The Bertz CT molecular complexity index is 673. The van der Waals surface area contributed by atoms with Crippen molar-refractivity contribution >= 4 is 21.4 Å². The van der Waals surface area contributed by atoms with Crippen LogP contribution in [0.25, 0.3) is 0 Å². The van der Waals surface area contributed by atoms with Gasteiger partial charge in [-0.05, 0) is 24.6 Å². The minimum atomic E-state index is -4.43. The van der Waals surface area contributed by atoms with Gasteiger partial charge in [0.05, 0.1) is 4.90 Å². The molecule has 2 rings (SSSR count). The smallest absolute Gasteiger partial charge is 0.374 e. The van der Waals surface area contributed by atoms with E-state index in [0.29, 0.717) is 5.69 Å². The zero-order valence-corrected chi connectivity index (χ0v) is 12.5. The Morgan fingerprint density at radius 1 is 1.36 bits per heavy atom. The maximum atomic E-state index is 12.3. The highest BCUT2D eigenvalue weighted by Gasteiger charge is 2.39. The molecule has 0 saturated carbocycles. The fourth-order valence-electron chi connectivity index (χ4n) is 2.26. The molecule has 0 aromatic heterocycles. The van der Waals surface area contributed by atoms with Crippen LogP contribution < -0.4 is 5.32 Å². The predicted molar refractivity (Wildman–Crippen MR) is 74.2 cm³/mol. The summed E-state index contributed by atoms with van der Waals surface area (Å²) >= 11 is 0. The zero-order chi connectivity index (χ0) is 16.5. The van der Waals surface area contributed by atoms with Crippen molar-refractivity contribution in [2.75, 3.05) is 24.7 Å². The lowest BCUT2D eigenvalue weighted by Gasteiger charge is -2.19. The standard InChI is InChI=1S/C13H15F3N2O3S/c1-22(20,21)10-4-2-3-9(7-10)17-11-5-6-18(12(11)19)8-13(14,15)16/h2-4,7,11,17H,5-6,8H2,1H3. The Labute approximate surface area is 126 Å². The molecule has 0 radical (unpaired) electrons. The third kappa shape index (κ3) is 4.12. The summed E-state index contributed by atoms with van der Waals surface area (Å²) in [6, 6.07) is 5.05.